The summed E-state index contributed by atoms with van der Waals surface area (Å²) in [6.45, 7) is 11.4. The van der Waals surface area contributed by atoms with Gasteiger partial charge in [0.05, 0.1) is 6.54 Å². The van der Waals surface area contributed by atoms with E-state index in [4.69, 9.17) is 5.73 Å². The van der Waals surface area contributed by atoms with E-state index in [1.807, 2.05) is 0 Å². The second-order valence-corrected chi connectivity index (χ2v) is 5.12. The number of nitrogens with two attached hydrogens (primary N) is 1. The van der Waals surface area contributed by atoms with Gasteiger partial charge in [0, 0.05) is 12.0 Å². The summed E-state index contributed by atoms with van der Waals surface area (Å²) in [4.78, 5) is 4.37. The predicted molar refractivity (Wildman–Crippen MR) is 78.9 cm³/mol. The summed E-state index contributed by atoms with van der Waals surface area (Å²) in [5.74, 6) is 0.468. The SMILES string of the molecule is C=CCNC(N)=NCC(C)(C)c1cccc(C)c1. The van der Waals surface area contributed by atoms with Crippen LogP contribution in [-0.4, -0.2) is 19.0 Å². The van der Waals surface area contributed by atoms with Crippen LogP contribution in [0.2, 0.25) is 0 Å². The highest BCUT2D eigenvalue weighted by atomic mass is 15.1. The molecule has 98 valence electrons. The number of hydrogen-bond acceptors (Lipinski definition) is 1. The van der Waals surface area contributed by atoms with Gasteiger partial charge < -0.3 is 11.1 Å². The van der Waals surface area contributed by atoms with Gasteiger partial charge in [-0.1, -0.05) is 49.8 Å². The maximum atomic E-state index is 5.77. The van der Waals surface area contributed by atoms with Crippen molar-refractivity contribution in [3.05, 3.63) is 48.0 Å². The topological polar surface area (TPSA) is 50.4 Å². The fourth-order valence-corrected chi connectivity index (χ4v) is 1.67. The molecule has 3 nitrogen and oxygen atoms in total. The first-order valence-electron chi connectivity index (χ1n) is 6.17. The van der Waals surface area contributed by atoms with E-state index >= 15 is 0 Å². The van der Waals surface area contributed by atoms with Crippen molar-refractivity contribution in [2.24, 2.45) is 10.7 Å². The first kappa shape index (κ1) is 14.3. The van der Waals surface area contributed by atoms with Crippen LogP contribution in [0, 0.1) is 6.92 Å². The molecule has 0 bridgehead atoms. The van der Waals surface area contributed by atoms with Crippen molar-refractivity contribution in [1.29, 1.82) is 0 Å². The van der Waals surface area contributed by atoms with E-state index in [0.29, 0.717) is 19.0 Å². The molecule has 0 atom stereocenters. The van der Waals surface area contributed by atoms with Crippen LogP contribution in [-0.2, 0) is 5.41 Å². The molecule has 0 unspecified atom stereocenters. The summed E-state index contributed by atoms with van der Waals surface area (Å²) in [7, 11) is 0. The van der Waals surface area contributed by atoms with Crippen molar-refractivity contribution in [1.82, 2.24) is 5.32 Å². The van der Waals surface area contributed by atoms with Gasteiger partial charge in [0.2, 0.25) is 0 Å². The molecule has 0 fully saturated rings. The van der Waals surface area contributed by atoms with Crippen LogP contribution in [0.4, 0.5) is 0 Å². The highest BCUT2D eigenvalue weighted by molar-refractivity contribution is 5.78. The molecule has 0 aliphatic rings. The van der Waals surface area contributed by atoms with Crippen molar-refractivity contribution in [2.75, 3.05) is 13.1 Å². The molecule has 3 heteroatoms. The Morgan fingerprint density at radius 1 is 1.50 bits per heavy atom. The van der Waals surface area contributed by atoms with Crippen LogP contribution in [0.25, 0.3) is 0 Å². The van der Waals surface area contributed by atoms with Crippen molar-refractivity contribution in [3.63, 3.8) is 0 Å². The van der Waals surface area contributed by atoms with Gasteiger partial charge in [0.25, 0.3) is 0 Å². The third kappa shape index (κ3) is 4.24. The summed E-state index contributed by atoms with van der Waals surface area (Å²) < 4.78 is 0. The fourth-order valence-electron chi connectivity index (χ4n) is 1.67. The van der Waals surface area contributed by atoms with E-state index in [-0.39, 0.29) is 5.41 Å². The van der Waals surface area contributed by atoms with Gasteiger partial charge in [-0.3, -0.25) is 4.99 Å². The molecule has 0 saturated heterocycles. The lowest BCUT2D eigenvalue weighted by molar-refractivity contribution is 0.538. The van der Waals surface area contributed by atoms with Crippen LogP contribution >= 0.6 is 0 Å². The molecule has 0 aliphatic heterocycles. The summed E-state index contributed by atoms with van der Waals surface area (Å²) in [6, 6.07) is 8.51. The fraction of sp³-hybridized carbons (Fsp3) is 0.400. The molecular formula is C15H23N3. The average molecular weight is 245 g/mol. The highest BCUT2D eigenvalue weighted by Crippen LogP contribution is 2.24. The monoisotopic (exact) mass is 245 g/mol. The second-order valence-electron chi connectivity index (χ2n) is 5.12. The molecule has 1 rings (SSSR count). The number of nitrogens with one attached hydrogen (secondary N) is 1. The van der Waals surface area contributed by atoms with Gasteiger partial charge in [0.1, 0.15) is 0 Å². The Morgan fingerprint density at radius 2 is 2.22 bits per heavy atom. The Kier molecular flexibility index (Phi) is 4.95. The summed E-state index contributed by atoms with van der Waals surface area (Å²) in [6.07, 6.45) is 1.76. The summed E-state index contributed by atoms with van der Waals surface area (Å²) in [5.41, 5.74) is 8.29. The quantitative estimate of drug-likeness (QED) is 0.475. The zero-order valence-corrected chi connectivity index (χ0v) is 11.5. The summed E-state index contributed by atoms with van der Waals surface area (Å²) >= 11 is 0. The lowest BCUT2D eigenvalue weighted by Gasteiger charge is -2.23. The number of benzene rings is 1. The van der Waals surface area contributed by atoms with E-state index in [0.717, 1.165) is 0 Å². The molecule has 0 aliphatic carbocycles. The van der Waals surface area contributed by atoms with Gasteiger partial charge >= 0.3 is 0 Å². The van der Waals surface area contributed by atoms with Gasteiger partial charge in [-0.15, -0.1) is 6.58 Å². The summed E-state index contributed by atoms with van der Waals surface area (Å²) in [5, 5.41) is 2.98. The molecule has 0 amide bonds. The van der Waals surface area contributed by atoms with Crippen LogP contribution in [0.1, 0.15) is 25.0 Å². The van der Waals surface area contributed by atoms with Crippen LogP contribution < -0.4 is 11.1 Å². The molecule has 0 radical (unpaired) electrons. The minimum absolute atomic E-state index is 0.0213. The van der Waals surface area contributed by atoms with Gasteiger partial charge in [0.15, 0.2) is 5.96 Å². The maximum absolute atomic E-state index is 5.77. The molecule has 1 aromatic rings. The van der Waals surface area contributed by atoms with Gasteiger partial charge in [-0.05, 0) is 12.5 Å². The first-order chi connectivity index (χ1) is 8.45. The molecule has 0 saturated carbocycles. The number of aliphatic imine (C=N–C) groups is 1. The average Bonchev–Trinajstić information content (AvgIpc) is 2.34. The molecule has 0 spiro atoms. The number of rotatable bonds is 5. The Hall–Kier alpha value is -1.77. The smallest absolute Gasteiger partial charge is 0.188 e. The molecule has 1 aromatic carbocycles. The minimum atomic E-state index is -0.0213. The number of guanidine groups is 1. The van der Waals surface area contributed by atoms with E-state index < -0.39 is 0 Å². The van der Waals surface area contributed by atoms with Crippen molar-refractivity contribution in [3.8, 4) is 0 Å². The predicted octanol–water partition coefficient (Wildman–Crippen LogP) is 2.36. The van der Waals surface area contributed by atoms with Gasteiger partial charge in [-0.2, -0.15) is 0 Å². The van der Waals surface area contributed by atoms with Crippen LogP contribution in [0.3, 0.4) is 0 Å². The third-order valence-electron chi connectivity index (χ3n) is 2.87. The Balaban J connectivity index is 2.72. The Bertz CT molecular complexity index is 433. The Labute approximate surface area is 110 Å². The van der Waals surface area contributed by atoms with Crippen molar-refractivity contribution >= 4 is 5.96 Å². The van der Waals surface area contributed by atoms with Crippen LogP contribution in [0.5, 0.6) is 0 Å². The van der Waals surface area contributed by atoms with E-state index in [1.54, 1.807) is 6.08 Å². The van der Waals surface area contributed by atoms with Crippen molar-refractivity contribution in [2.45, 2.75) is 26.2 Å². The number of nitrogens with zero attached hydrogens (tertiary/aromatic N) is 1. The maximum Gasteiger partial charge on any atom is 0.188 e. The zero-order chi connectivity index (χ0) is 13.6. The molecule has 3 N–H and O–H groups in total. The van der Waals surface area contributed by atoms with E-state index in [1.165, 1.54) is 11.1 Å². The minimum Gasteiger partial charge on any atom is -0.370 e. The van der Waals surface area contributed by atoms with Crippen molar-refractivity contribution < 1.29 is 0 Å². The third-order valence-corrected chi connectivity index (χ3v) is 2.87. The van der Waals surface area contributed by atoms with E-state index in [9.17, 15) is 0 Å². The molecule has 0 heterocycles. The Morgan fingerprint density at radius 3 is 2.83 bits per heavy atom. The number of hydrogen-bond donors (Lipinski definition) is 2. The highest BCUT2D eigenvalue weighted by Gasteiger charge is 2.20. The number of aryl methyl sites for hydroxylation is 1. The van der Waals surface area contributed by atoms with E-state index in [2.05, 4.69) is 61.9 Å². The first-order valence-corrected chi connectivity index (χ1v) is 6.17. The largest absolute Gasteiger partial charge is 0.370 e. The molecule has 0 aromatic heterocycles. The lowest BCUT2D eigenvalue weighted by Crippen LogP contribution is -2.33. The normalized spacial score (nSPS) is 12.3. The molecular weight excluding hydrogens is 222 g/mol. The standard InChI is InChI=1S/C15H23N3/c1-5-9-17-14(16)18-11-15(3,4)13-8-6-7-12(2)10-13/h5-8,10H,1,9,11H2,2-4H3,(H3,16,17,18). The lowest BCUT2D eigenvalue weighted by atomic mass is 9.84. The van der Waals surface area contributed by atoms with Gasteiger partial charge in [-0.25, -0.2) is 0 Å². The molecule has 18 heavy (non-hydrogen) atoms. The second kappa shape index (κ2) is 6.24. The van der Waals surface area contributed by atoms with Crippen LogP contribution in [0.15, 0.2) is 41.9 Å². The zero-order valence-electron chi connectivity index (χ0n) is 11.5.